The second kappa shape index (κ2) is 3.09. The Labute approximate surface area is 68.9 Å². The molecule has 1 saturated heterocycles. The topological polar surface area (TPSA) is 15.7 Å². The van der Waals surface area contributed by atoms with Crippen LogP contribution in [0.5, 0.6) is 0 Å². The van der Waals surface area contributed by atoms with E-state index in [2.05, 4.69) is 38.0 Å². The first-order valence-corrected chi connectivity index (χ1v) is 4.08. The largest absolute Gasteiger partial charge is 0.347 e. The maximum Gasteiger partial charge on any atom is 0.178 e. The molecular weight excluding hydrogens is 140 g/mol. The Hall–Kier alpha value is -0.120. The number of hydrogen-bond acceptors (Lipinski definition) is 3. The summed E-state index contributed by atoms with van der Waals surface area (Å²) >= 11 is 0. The molecule has 0 N–H and O–H groups in total. The molecule has 0 aromatic carbocycles. The van der Waals surface area contributed by atoms with E-state index in [-0.39, 0.29) is 5.85 Å². The van der Waals surface area contributed by atoms with Gasteiger partial charge >= 0.3 is 0 Å². The summed E-state index contributed by atoms with van der Waals surface area (Å²) in [4.78, 5) is 4.28. The van der Waals surface area contributed by atoms with Crippen molar-refractivity contribution in [3.63, 3.8) is 0 Å². The SMILES string of the molecule is CN(C)C1(N(C)C)CCCO1. The van der Waals surface area contributed by atoms with Gasteiger partial charge in [0.15, 0.2) is 5.85 Å². The molecule has 0 saturated carbocycles. The van der Waals surface area contributed by atoms with E-state index in [4.69, 9.17) is 4.74 Å². The zero-order chi connectivity index (χ0) is 8.48. The van der Waals surface area contributed by atoms with E-state index < -0.39 is 0 Å². The molecule has 0 bridgehead atoms. The van der Waals surface area contributed by atoms with Crippen LogP contribution in [0.15, 0.2) is 0 Å². The van der Waals surface area contributed by atoms with Gasteiger partial charge in [-0.05, 0) is 34.6 Å². The van der Waals surface area contributed by atoms with Crippen molar-refractivity contribution in [1.29, 1.82) is 0 Å². The molecule has 3 heteroatoms. The fourth-order valence-electron chi connectivity index (χ4n) is 1.72. The molecule has 0 amide bonds. The average molecular weight is 158 g/mol. The fraction of sp³-hybridized carbons (Fsp3) is 1.00. The van der Waals surface area contributed by atoms with Crippen LogP contribution in [0.1, 0.15) is 12.8 Å². The minimum Gasteiger partial charge on any atom is -0.347 e. The van der Waals surface area contributed by atoms with Crippen molar-refractivity contribution in [3.8, 4) is 0 Å². The minimum atomic E-state index is -0.139. The highest BCUT2D eigenvalue weighted by molar-refractivity contribution is 4.79. The smallest absolute Gasteiger partial charge is 0.178 e. The Balaban J connectivity index is 2.70. The lowest BCUT2D eigenvalue weighted by atomic mass is 10.2. The third-order valence-electron chi connectivity index (χ3n) is 2.38. The Bertz CT molecular complexity index is 118. The van der Waals surface area contributed by atoms with Crippen LogP contribution in [0.25, 0.3) is 0 Å². The van der Waals surface area contributed by atoms with Crippen LogP contribution in [0.3, 0.4) is 0 Å². The van der Waals surface area contributed by atoms with E-state index >= 15 is 0 Å². The molecule has 66 valence electrons. The molecule has 3 nitrogen and oxygen atoms in total. The molecule has 0 aromatic heterocycles. The molecule has 0 aromatic rings. The monoisotopic (exact) mass is 158 g/mol. The lowest BCUT2D eigenvalue weighted by Gasteiger charge is -2.40. The Morgan fingerprint density at radius 1 is 1.09 bits per heavy atom. The second-order valence-corrected chi connectivity index (χ2v) is 3.48. The van der Waals surface area contributed by atoms with Gasteiger partial charge < -0.3 is 4.74 Å². The van der Waals surface area contributed by atoms with Crippen LogP contribution >= 0.6 is 0 Å². The van der Waals surface area contributed by atoms with Crippen molar-refractivity contribution >= 4 is 0 Å². The summed E-state index contributed by atoms with van der Waals surface area (Å²) in [6.45, 7) is 0.885. The highest BCUT2D eigenvalue weighted by Crippen LogP contribution is 2.28. The van der Waals surface area contributed by atoms with Gasteiger partial charge in [-0.2, -0.15) is 0 Å². The molecule has 1 heterocycles. The van der Waals surface area contributed by atoms with Gasteiger partial charge in [0.25, 0.3) is 0 Å². The summed E-state index contributed by atoms with van der Waals surface area (Å²) in [7, 11) is 8.24. The first-order chi connectivity index (χ1) is 5.09. The van der Waals surface area contributed by atoms with E-state index in [1.165, 1.54) is 0 Å². The Morgan fingerprint density at radius 2 is 1.64 bits per heavy atom. The first-order valence-electron chi connectivity index (χ1n) is 4.08. The standard InChI is InChI=1S/C8H18N2O/c1-9(2)8(10(3)4)6-5-7-11-8/h5-7H2,1-4H3. The second-order valence-electron chi connectivity index (χ2n) is 3.48. The Kier molecular flexibility index (Phi) is 2.52. The third-order valence-corrected chi connectivity index (χ3v) is 2.38. The van der Waals surface area contributed by atoms with Gasteiger partial charge in [0.1, 0.15) is 0 Å². The van der Waals surface area contributed by atoms with Crippen molar-refractivity contribution in [2.75, 3.05) is 34.8 Å². The Morgan fingerprint density at radius 3 is 1.82 bits per heavy atom. The summed E-state index contributed by atoms with van der Waals surface area (Å²) in [5.74, 6) is -0.139. The van der Waals surface area contributed by atoms with Crippen molar-refractivity contribution in [3.05, 3.63) is 0 Å². The van der Waals surface area contributed by atoms with Crippen molar-refractivity contribution in [2.24, 2.45) is 0 Å². The van der Waals surface area contributed by atoms with Crippen molar-refractivity contribution in [2.45, 2.75) is 18.7 Å². The number of ether oxygens (including phenoxy) is 1. The van der Waals surface area contributed by atoms with Crippen molar-refractivity contribution in [1.82, 2.24) is 9.80 Å². The van der Waals surface area contributed by atoms with E-state index in [1.54, 1.807) is 0 Å². The lowest BCUT2D eigenvalue weighted by molar-refractivity contribution is -0.189. The van der Waals surface area contributed by atoms with Crippen LogP contribution in [0.4, 0.5) is 0 Å². The van der Waals surface area contributed by atoms with E-state index in [0.29, 0.717) is 0 Å². The van der Waals surface area contributed by atoms with Gasteiger partial charge in [-0.25, -0.2) is 0 Å². The quantitative estimate of drug-likeness (QED) is 0.547. The molecule has 1 rings (SSSR count). The lowest BCUT2D eigenvalue weighted by Crippen LogP contribution is -2.54. The molecule has 1 aliphatic heterocycles. The summed E-state index contributed by atoms with van der Waals surface area (Å²) in [6.07, 6.45) is 2.27. The molecule has 11 heavy (non-hydrogen) atoms. The molecule has 1 aliphatic rings. The minimum absolute atomic E-state index is 0.139. The average Bonchev–Trinajstić information content (AvgIpc) is 2.34. The van der Waals surface area contributed by atoms with Gasteiger partial charge in [0.2, 0.25) is 0 Å². The summed E-state index contributed by atoms with van der Waals surface area (Å²) in [6, 6.07) is 0. The molecule has 1 fully saturated rings. The van der Waals surface area contributed by atoms with E-state index in [1.807, 2.05) is 0 Å². The van der Waals surface area contributed by atoms with Crippen molar-refractivity contribution < 1.29 is 4.74 Å². The van der Waals surface area contributed by atoms with Gasteiger partial charge in [0, 0.05) is 6.42 Å². The maximum absolute atomic E-state index is 5.72. The highest BCUT2D eigenvalue weighted by atomic mass is 16.5. The highest BCUT2D eigenvalue weighted by Gasteiger charge is 2.39. The van der Waals surface area contributed by atoms with Crippen LogP contribution in [-0.4, -0.2) is 50.4 Å². The molecule has 0 unspecified atom stereocenters. The predicted octanol–water partition coefficient (Wildman–Crippen LogP) is 0.574. The van der Waals surface area contributed by atoms with Gasteiger partial charge in [-0.3, -0.25) is 9.80 Å². The van der Waals surface area contributed by atoms with Crippen LogP contribution in [0.2, 0.25) is 0 Å². The molecule has 0 atom stereocenters. The van der Waals surface area contributed by atoms with E-state index in [0.717, 1.165) is 19.4 Å². The van der Waals surface area contributed by atoms with Crippen LogP contribution in [0, 0.1) is 0 Å². The van der Waals surface area contributed by atoms with Crippen LogP contribution in [-0.2, 0) is 4.74 Å². The summed E-state index contributed by atoms with van der Waals surface area (Å²) in [5, 5.41) is 0. The predicted molar refractivity (Wildman–Crippen MR) is 45.3 cm³/mol. The third kappa shape index (κ3) is 1.41. The van der Waals surface area contributed by atoms with Gasteiger partial charge in [0.05, 0.1) is 6.61 Å². The van der Waals surface area contributed by atoms with Gasteiger partial charge in [-0.15, -0.1) is 0 Å². The first kappa shape index (κ1) is 8.97. The molecule has 0 aliphatic carbocycles. The molecule has 0 spiro atoms. The number of nitrogens with zero attached hydrogens (tertiary/aromatic N) is 2. The van der Waals surface area contributed by atoms with Gasteiger partial charge in [-0.1, -0.05) is 0 Å². The fourth-order valence-corrected chi connectivity index (χ4v) is 1.72. The normalized spacial score (nSPS) is 23.5. The van der Waals surface area contributed by atoms with E-state index in [9.17, 15) is 0 Å². The molecular formula is C8H18N2O. The molecule has 0 radical (unpaired) electrons. The number of rotatable bonds is 2. The number of hydrogen-bond donors (Lipinski definition) is 0. The van der Waals surface area contributed by atoms with Crippen LogP contribution < -0.4 is 0 Å². The summed E-state index contributed by atoms with van der Waals surface area (Å²) < 4.78 is 5.72. The zero-order valence-electron chi connectivity index (χ0n) is 7.92. The summed E-state index contributed by atoms with van der Waals surface area (Å²) in [5.41, 5.74) is 0. The maximum atomic E-state index is 5.72. The zero-order valence-corrected chi connectivity index (χ0v) is 7.92.